The molecule has 3 aromatic carbocycles. The van der Waals surface area contributed by atoms with Crippen LogP contribution in [0.2, 0.25) is 0 Å². The number of carbonyl (C=O) groups is 1. The van der Waals surface area contributed by atoms with Crippen LogP contribution in [0, 0.1) is 11.6 Å². The van der Waals surface area contributed by atoms with Crippen molar-refractivity contribution < 1.29 is 30.8 Å². The molecule has 4 aromatic heterocycles. The van der Waals surface area contributed by atoms with Gasteiger partial charge in [-0.15, -0.1) is 0 Å². The first-order chi connectivity index (χ1) is 23.9. The van der Waals surface area contributed by atoms with E-state index in [2.05, 4.69) is 5.32 Å². The van der Waals surface area contributed by atoms with Gasteiger partial charge in [-0.05, 0) is 54.6 Å². The van der Waals surface area contributed by atoms with Crippen molar-refractivity contribution in [2.75, 3.05) is 37.7 Å². The van der Waals surface area contributed by atoms with E-state index in [1.807, 2.05) is 9.30 Å². The molecule has 50 heavy (non-hydrogen) atoms. The number of sulfonamides is 1. The van der Waals surface area contributed by atoms with Gasteiger partial charge in [-0.2, -0.15) is 0 Å². The lowest BCUT2D eigenvalue weighted by Gasteiger charge is -2.34. The molecule has 1 aliphatic heterocycles. The minimum atomic E-state index is -3.80. The first kappa shape index (κ1) is 31.8. The van der Waals surface area contributed by atoms with Crippen molar-refractivity contribution in [2.24, 2.45) is 0 Å². The Kier molecular flexibility index (Phi) is 7.35. The van der Waals surface area contributed by atoms with Gasteiger partial charge in [-0.3, -0.25) is 23.4 Å². The minimum absolute atomic E-state index is 0.174. The quantitative estimate of drug-likeness (QED) is 0.208. The Morgan fingerprint density at radius 3 is 2.48 bits per heavy atom. The maximum Gasteiger partial charge on any atom is 0.255 e. The van der Waals surface area contributed by atoms with Crippen LogP contribution in [0.5, 0.6) is 0 Å². The van der Waals surface area contributed by atoms with Crippen LogP contribution in [0.15, 0.2) is 77.3 Å². The van der Waals surface area contributed by atoms with E-state index in [1.165, 1.54) is 50.5 Å². The number of alkyl halides is 1. The van der Waals surface area contributed by atoms with Crippen LogP contribution >= 0.6 is 0 Å². The monoisotopic (exact) mass is 698 g/mol. The highest BCUT2D eigenvalue weighted by Gasteiger charge is 2.29. The summed E-state index contributed by atoms with van der Waals surface area (Å²) >= 11 is 0. The van der Waals surface area contributed by atoms with Crippen molar-refractivity contribution in [3.8, 4) is 22.6 Å². The lowest BCUT2D eigenvalue weighted by Crippen LogP contribution is -2.47. The van der Waals surface area contributed by atoms with Crippen LogP contribution in [-0.2, 0) is 16.6 Å². The van der Waals surface area contributed by atoms with Crippen LogP contribution in [0.4, 0.5) is 18.9 Å². The van der Waals surface area contributed by atoms with E-state index in [0.29, 0.717) is 61.9 Å². The van der Waals surface area contributed by atoms with Crippen molar-refractivity contribution in [2.45, 2.75) is 12.7 Å². The molecule has 1 fully saturated rings. The Labute approximate surface area is 283 Å². The van der Waals surface area contributed by atoms with Gasteiger partial charge in [0, 0.05) is 60.5 Å². The number of pyridine rings is 1. The second-order valence-corrected chi connectivity index (χ2v) is 14.4. The zero-order valence-electron chi connectivity index (χ0n) is 27.0. The summed E-state index contributed by atoms with van der Waals surface area (Å²) in [6.45, 7) is 0.897. The van der Waals surface area contributed by atoms with Gasteiger partial charge in [0.25, 0.3) is 5.91 Å². The van der Waals surface area contributed by atoms with E-state index in [9.17, 15) is 22.0 Å². The summed E-state index contributed by atoms with van der Waals surface area (Å²) in [5.41, 5.74) is 3.52. The van der Waals surface area contributed by atoms with E-state index < -0.39 is 33.7 Å². The largest absolute Gasteiger partial charge is 0.455 e. The molecule has 0 spiro atoms. The number of halogens is 3. The molecule has 1 amide bonds. The molecular formula is C36H29F3N6O4S. The summed E-state index contributed by atoms with van der Waals surface area (Å²) < 4.78 is 77.7. The van der Waals surface area contributed by atoms with Crippen LogP contribution in [-0.4, -0.2) is 73.2 Å². The Bertz CT molecular complexity index is 2630. The molecule has 10 nitrogen and oxygen atoms in total. The third kappa shape index (κ3) is 5.13. The Hall–Kier alpha value is -5.47. The third-order valence-corrected chi connectivity index (χ3v) is 10.4. The number of aromatic nitrogens is 3. The van der Waals surface area contributed by atoms with Crippen LogP contribution in [0.25, 0.3) is 60.9 Å². The standard InChI is InChI=1S/C36H29F3N6O4S/c1-40-36(46)34-25-11-23(30(43(2)50(3,47)48)14-32(25)49-35(34)19-7-9-20(37)10-8-19)27-12-24-28(15-41-27)42-33(18-44-16-21(38)17-44)45-29-6-4-5-26(39)22(29)13-31(24)45/h4-15,21H,16-18H2,1-3H3,(H,40,46). The number of benzene rings is 3. The summed E-state index contributed by atoms with van der Waals surface area (Å²) in [4.78, 5) is 24.8. The molecule has 1 N–H and O–H groups in total. The summed E-state index contributed by atoms with van der Waals surface area (Å²) in [5, 5.41) is 4.00. The maximum absolute atomic E-state index is 15.1. The molecule has 14 heteroatoms. The molecule has 1 saturated heterocycles. The fraction of sp³-hybridized carbons (Fsp3) is 0.194. The normalized spacial score (nSPS) is 14.2. The predicted octanol–water partition coefficient (Wildman–Crippen LogP) is 6.30. The van der Waals surface area contributed by atoms with Gasteiger partial charge in [-0.1, -0.05) is 6.07 Å². The summed E-state index contributed by atoms with van der Waals surface area (Å²) in [6.07, 6.45) is 1.72. The number of hydrogen-bond donors (Lipinski definition) is 1. The van der Waals surface area contributed by atoms with Crippen molar-refractivity contribution >= 4 is 59.9 Å². The van der Waals surface area contributed by atoms with E-state index >= 15 is 4.39 Å². The number of carbonyl (C=O) groups excluding carboxylic acids is 1. The van der Waals surface area contributed by atoms with E-state index in [1.54, 1.807) is 36.5 Å². The van der Waals surface area contributed by atoms with Gasteiger partial charge in [0.15, 0.2) is 0 Å². The summed E-state index contributed by atoms with van der Waals surface area (Å²) in [7, 11) is -0.926. The number of amides is 1. The molecule has 0 bridgehead atoms. The van der Waals surface area contributed by atoms with Crippen molar-refractivity contribution in [3.63, 3.8) is 0 Å². The number of hydrogen-bond acceptors (Lipinski definition) is 7. The highest BCUT2D eigenvalue weighted by molar-refractivity contribution is 7.92. The molecular weight excluding hydrogens is 669 g/mol. The zero-order valence-corrected chi connectivity index (χ0v) is 27.9. The van der Waals surface area contributed by atoms with Gasteiger partial charge >= 0.3 is 0 Å². The number of fused-ring (bicyclic) bond motifs is 6. The lowest BCUT2D eigenvalue weighted by atomic mass is 10.00. The number of furan rings is 1. The highest BCUT2D eigenvalue weighted by atomic mass is 32.2. The van der Waals surface area contributed by atoms with Gasteiger partial charge < -0.3 is 9.73 Å². The first-order valence-corrected chi connectivity index (χ1v) is 17.5. The lowest BCUT2D eigenvalue weighted by molar-refractivity contribution is 0.0567. The Morgan fingerprint density at radius 2 is 1.78 bits per heavy atom. The molecule has 0 unspecified atom stereocenters. The number of anilines is 1. The van der Waals surface area contributed by atoms with Gasteiger partial charge in [0.05, 0.1) is 52.5 Å². The Morgan fingerprint density at radius 1 is 1.02 bits per heavy atom. The fourth-order valence-electron chi connectivity index (χ4n) is 6.62. The number of rotatable bonds is 7. The molecule has 0 atom stereocenters. The Balaban J connectivity index is 1.40. The molecule has 5 heterocycles. The van der Waals surface area contributed by atoms with Crippen molar-refractivity contribution in [1.82, 2.24) is 24.6 Å². The average molecular weight is 699 g/mol. The first-order valence-electron chi connectivity index (χ1n) is 15.7. The predicted molar refractivity (Wildman–Crippen MR) is 185 cm³/mol. The molecule has 0 saturated carbocycles. The topological polar surface area (TPSA) is 113 Å². The van der Waals surface area contributed by atoms with Crippen LogP contribution in [0.1, 0.15) is 16.2 Å². The number of nitrogens with one attached hydrogen (secondary N) is 1. The fourth-order valence-corrected chi connectivity index (χ4v) is 7.13. The van der Waals surface area contributed by atoms with E-state index in [0.717, 1.165) is 10.6 Å². The highest BCUT2D eigenvalue weighted by Crippen LogP contribution is 2.42. The van der Waals surface area contributed by atoms with Crippen LogP contribution < -0.4 is 9.62 Å². The van der Waals surface area contributed by atoms with Crippen molar-refractivity contribution in [3.05, 3.63) is 95.9 Å². The summed E-state index contributed by atoms with van der Waals surface area (Å²) in [6, 6.07) is 16.9. The van der Waals surface area contributed by atoms with E-state index in [-0.39, 0.29) is 35.7 Å². The molecule has 8 rings (SSSR count). The smallest absolute Gasteiger partial charge is 0.255 e. The second-order valence-electron chi connectivity index (χ2n) is 12.4. The SMILES string of the molecule is CNC(=O)c1c(-c2ccc(F)cc2)oc2cc(N(C)S(C)(=O)=O)c(-c3cc4c(cn3)nc(CN3CC(F)C3)n3c5cccc(F)c5cc43)cc12. The minimum Gasteiger partial charge on any atom is -0.455 e. The second kappa shape index (κ2) is 11.6. The van der Waals surface area contributed by atoms with E-state index in [4.69, 9.17) is 14.4 Å². The maximum atomic E-state index is 15.1. The van der Waals surface area contributed by atoms with Crippen molar-refractivity contribution in [1.29, 1.82) is 0 Å². The molecule has 7 aromatic rings. The van der Waals surface area contributed by atoms with Gasteiger partial charge in [0.1, 0.15) is 35.0 Å². The van der Waals surface area contributed by atoms with Gasteiger partial charge in [0.2, 0.25) is 10.0 Å². The molecule has 0 aliphatic carbocycles. The zero-order chi connectivity index (χ0) is 35.1. The van der Waals surface area contributed by atoms with Crippen LogP contribution in [0.3, 0.4) is 0 Å². The third-order valence-electron chi connectivity index (χ3n) is 9.22. The molecule has 0 radical (unpaired) electrons. The number of nitrogens with zero attached hydrogens (tertiary/aromatic N) is 5. The molecule has 254 valence electrons. The molecule has 1 aliphatic rings. The summed E-state index contributed by atoms with van der Waals surface area (Å²) in [5.74, 6) is -0.566. The number of likely N-dealkylation sites (tertiary alicyclic amines) is 1. The average Bonchev–Trinajstić information content (AvgIpc) is 3.66. The van der Waals surface area contributed by atoms with Gasteiger partial charge in [-0.25, -0.2) is 26.6 Å².